The van der Waals surface area contributed by atoms with Gasteiger partial charge in [-0.3, -0.25) is 4.98 Å². The van der Waals surface area contributed by atoms with Crippen molar-refractivity contribution in [3.63, 3.8) is 0 Å². The van der Waals surface area contributed by atoms with Crippen LogP contribution in [0.3, 0.4) is 0 Å². The number of hydrogen-bond donors (Lipinski definition) is 0. The lowest BCUT2D eigenvalue weighted by Crippen LogP contribution is -2.30. The number of halogens is 1. The number of nitrogens with zero attached hydrogens (tertiary/aromatic N) is 2. The number of sulfonamides is 1. The molecule has 0 aliphatic carbocycles. The Labute approximate surface area is 133 Å². The first kappa shape index (κ1) is 14.8. The van der Waals surface area contributed by atoms with Gasteiger partial charge in [-0.05, 0) is 35.9 Å². The van der Waals surface area contributed by atoms with Gasteiger partial charge in [0.2, 0.25) is 10.0 Å². The third-order valence-corrected chi connectivity index (χ3v) is 6.76. The Morgan fingerprint density at radius 2 is 2.00 bits per heavy atom. The van der Waals surface area contributed by atoms with Gasteiger partial charge in [-0.25, -0.2) is 8.42 Å². The molecule has 2 heterocycles. The molecule has 1 aliphatic rings. The second kappa shape index (κ2) is 5.96. The first-order chi connectivity index (χ1) is 10.1. The molecule has 0 radical (unpaired) electrons. The molecule has 1 unspecified atom stereocenters. The highest BCUT2D eigenvalue weighted by Crippen LogP contribution is 2.41. The van der Waals surface area contributed by atoms with Gasteiger partial charge in [-0.1, -0.05) is 17.7 Å². The van der Waals surface area contributed by atoms with Crippen LogP contribution < -0.4 is 0 Å². The molecular weight excluding hydrogens is 328 g/mol. The Bertz CT molecular complexity index is 720. The maximum atomic E-state index is 12.8. The molecule has 2 aromatic rings. The summed E-state index contributed by atoms with van der Waals surface area (Å²) < 4.78 is 27.1. The zero-order valence-electron chi connectivity index (χ0n) is 11.0. The minimum atomic E-state index is -3.53. The molecule has 21 heavy (non-hydrogen) atoms. The molecule has 0 bridgehead atoms. The zero-order chi connectivity index (χ0) is 14.9. The molecule has 7 heteroatoms. The molecule has 1 fully saturated rings. The zero-order valence-corrected chi connectivity index (χ0v) is 13.4. The van der Waals surface area contributed by atoms with Crippen molar-refractivity contribution < 1.29 is 8.42 Å². The smallest absolute Gasteiger partial charge is 0.244 e. The van der Waals surface area contributed by atoms with E-state index >= 15 is 0 Å². The molecule has 1 atom stereocenters. The number of pyridine rings is 1. The molecule has 1 saturated heterocycles. The molecular formula is C14H13ClN2O2S2. The van der Waals surface area contributed by atoms with Crippen molar-refractivity contribution in [3.05, 3.63) is 59.4 Å². The molecule has 4 nitrogen and oxygen atoms in total. The SMILES string of the molecule is O=S(=O)(c1ccc(Cl)cc1)N1CCSC1c1cccnc1. The summed E-state index contributed by atoms with van der Waals surface area (Å²) in [7, 11) is -3.53. The largest absolute Gasteiger partial charge is 0.264 e. The van der Waals surface area contributed by atoms with Gasteiger partial charge in [0.25, 0.3) is 0 Å². The third kappa shape index (κ3) is 2.94. The Morgan fingerprint density at radius 3 is 2.67 bits per heavy atom. The second-order valence-corrected chi connectivity index (χ2v) is 8.09. The summed E-state index contributed by atoms with van der Waals surface area (Å²) >= 11 is 7.43. The van der Waals surface area contributed by atoms with E-state index in [1.807, 2.05) is 12.1 Å². The predicted octanol–water partition coefficient (Wildman–Crippen LogP) is 3.17. The summed E-state index contributed by atoms with van der Waals surface area (Å²) in [6.07, 6.45) is 3.40. The van der Waals surface area contributed by atoms with Crippen molar-refractivity contribution in [2.75, 3.05) is 12.3 Å². The summed E-state index contributed by atoms with van der Waals surface area (Å²) in [6, 6.07) is 10.00. The van der Waals surface area contributed by atoms with E-state index in [0.29, 0.717) is 11.6 Å². The number of aromatic nitrogens is 1. The van der Waals surface area contributed by atoms with Crippen molar-refractivity contribution in [1.29, 1.82) is 0 Å². The Morgan fingerprint density at radius 1 is 1.24 bits per heavy atom. The van der Waals surface area contributed by atoms with Crippen LogP contribution >= 0.6 is 23.4 Å². The topological polar surface area (TPSA) is 50.3 Å². The molecule has 0 saturated carbocycles. The van der Waals surface area contributed by atoms with E-state index in [4.69, 9.17) is 11.6 Å². The molecule has 0 N–H and O–H groups in total. The molecule has 1 aliphatic heterocycles. The van der Waals surface area contributed by atoms with Gasteiger partial charge in [0.1, 0.15) is 0 Å². The summed E-state index contributed by atoms with van der Waals surface area (Å²) in [5.41, 5.74) is 0.900. The van der Waals surface area contributed by atoms with Crippen molar-refractivity contribution in [2.24, 2.45) is 0 Å². The van der Waals surface area contributed by atoms with Gasteiger partial charge in [0.15, 0.2) is 0 Å². The first-order valence-electron chi connectivity index (χ1n) is 6.38. The average Bonchev–Trinajstić information content (AvgIpc) is 2.99. The number of hydrogen-bond acceptors (Lipinski definition) is 4. The second-order valence-electron chi connectivity index (χ2n) is 4.58. The van der Waals surface area contributed by atoms with E-state index in [1.165, 1.54) is 4.31 Å². The highest BCUT2D eigenvalue weighted by Gasteiger charge is 2.36. The van der Waals surface area contributed by atoms with Crippen LogP contribution in [0.1, 0.15) is 10.9 Å². The van der Waals surface area contributed by atoms with E-state index in [0.717, 1.165) is 11.3 Å². The monoisotopic (exact) mass is 340 g/mol. The molecule has 110 valence electrons. The van der Waals surface area contributed by atoms with Gasteiger partial charge in [-0.2, -0.15) is 4.31 Å². The van der Waals surface area contributed by atoms with Crippen molar-refractivity contribution in [2.45, 2.75) is 10.3 Å². The van der Waals surface area contributed by atoms with Gasteiger partial charge in [-0.15, -0.1) is 11.8 Å². The minimum absolute atomic E-state index is 0.223. The quantitative estimate of drug-likeness (QED) is 0.861. The standard InChI is InChI=1S/C14H13ClN2O2S2/c15-12-3-5-13(6-4-12)21(18,19)17-8-9-20-14(17)11-2-1-7-16-10-11/h1-7,10,14H,8-9H2. The molecule has 0 spiro atoms. The maximum Gasteiger partial charge on any atom is 0.244 e. The highest BCUT2D eigenvalue weighted by atomic mass is 35.5. The van der Waals surface area contributed by atoms with Crippen molar-refractivity contribution in [3.8, 4) is 0 Å². The van der Waals surface area contributed by atoms with Crippen LogP contribution in [-0.2, 0) is 10.0 Å². The number of thioether (sulfide) groups is 1. The van der Waals surface area contributed by atoms with Crippen LogP contribution in [0.25, 0.3) is 0 Å². The van der Waals surface area contributed by atoms with Crippen LogP contribution in [-0.4, -0.2) is 30.0 Å². The minimum Gasteiger partial charge on any atom is -0.264 e. The predicted molar refractivity (Wildman–Crippen MR) is 84.8 cm³/mol. The van der Waals surface area contributed by atoms with Gasteiger partial charge in [0.05, 0.1) is 10.3 Å². The van der Waals surface area contributed by atoms with Gasteiger partial charge in [0, 0.05) is 29.7 Å². The van der Waals surface area contributed by atoms with E-state index in [9.17, 15) is 8.42 Å². The van der Waals surface area contributed by atoms with Crippen molar-refractivity contribution in [1.82, 2.24) is 9.29 Å². The normalized spacial score (nSPS) is 19.8. The van der Waals surface area contributed by atoms with Crippen LogP contribution in [0.4, 0.5) is 0 Å². The van der Waals surface area contributed by atoms with E-state index in [1.54, 1.807) is 48.4 Å². The maximum absolute atomic E-state index is 12.8. The Balaban J connectivity index is 1.96. The highest BCUT2D eigenvalue weighted by molar-refractivity contribution is 8.01. The average molecular weight is 341 g/mol. The lowest BCUT2D eigenvalue weighted by molar-refractivity contribution is 0.434. The fourth-order valence-corrected chi connectivity index (χ4v) is 5.58. The van der Waals surface area contributed by atoms with E-state index in [2.05, 4.69) is 4.98 Å². The number of rotatable bonds is 3. The van der Waals surface area contributed by atoms with Crippen LogP contribution in [0, 0.1) is 0 Å². The van der Waals surface area contributed by atoms with E-state index < -0.39 is 10.0 Å². The van der Waals surface area contributed by atoms with E-state index in [-0.39, 0.29) is 10.3 Å². The fraction of sp³-hybridized carbons (Fsp3) is 0.214. The Kier molecular flexibility index (Phi) is 4.21. The van der Waals surface area contributed by atoms with Crippen molar-refractivity contribution >= 4 is 33.4 Å². The van der Waals surface area contributed by atoms with Gasteiger partial charge >= 0.3 is 0 Å². The van der Waals surface area contributed by atoms with Gasteiger partial charge < -0.3 is 0 Å². The van der Waals surface area contributed by atoms with Crippen LogP contribution in [0.2, 0.25) is 5.02 Å². The molecule has 1 aromatic heterocycles. The lowest BCUT2D eigenvalue weighted by atomic mass is 10.3. The number of benzene rings is 1. The lowest BCUT2D eigenvalue weighted by Gasteiger charge is -2.23. The Hall–Kier alpha value is -1.08. The first-order valence-corrected chi connectivity index (χ1v) is 9.25. The molecule has 3 rings (SSSR count). The fourth-order valence-electron chi connectivity index (χ4n) is 2.23. The molecule has 1 aromatic carbocycles. The molecule has 0 amide bonds. The summed E-state index contributed by atoms with van der Waals surface area (Å²) in [4.78, 5) is 4.34. The summed E-state index contributed by atoms with van der Waals surface area (Å²) in [5.74, 6) is 0.770. The third-order valence-electron chi connectivity index (χ3n) is 3.24. The summed E-state index contributed by atoms with van der Waals surface area (Å²) in [5, 5.41) is 0.299. The van der Waals surface area contributed by atoms with Crippen LogP contribution in [0.15, 0.2) is 53.7 Å². The van der Waals surface area contributed by atoms with Crippen LogP contribution in [0.5, 0.6) is 0 Å². The summed E-state index contributed by atoms with van der Waals surface area (Å²) in [6.45, 7) is 0.495.